The zero-order valence-electron chi connectivity index (χ0n) is 9.00. The predicted octanol–water partition coefficient (Wildman–Crippen LogP) is 3.42. The van der Waals surface area contributed by atoms with Crippen molar-refractivity contribution in [3.63, 3.8) is 0 Å². The average molecular weight is 181 g/mol. The van der Waals surface area contributed by atoms with E-state index in [4.69, 9.17) is 5.73 Å². The molecule has 76 valence electrons. The predicted molar refractivity (Wildman–Crippen MR) is 60.7 cm³/mol. The Morgan fingerprint density at radius 3 is 2.46 bits per heavy atom. The van der Waals surface area contributed by atoms with Crippen molar-refractivity contribution in [3.8, 4) is 0 Å². The Bertz CT molecular complexity index is 145. The van der Waals surface area contributed by atoms with E-state index in [1.165, 1.54) is 25.7 Å². The van der Waals surface area contributed by atoms with Gasteiger partial charge in [-0.25, -0.2) is 0 Å². The first-order valence-electron chi connectivity index (χ1n) is 5.34. The van der Waals surface area contributed by atoms with E-state index in [9.17, 15) is 0 Å². The van der Waals surface area contributed by atoms with Gasteiger partial charge >= 0.3 is 0 Å². The first-order valence-corrected chi connectivity index (χ1v) is 5.34. The maximum atomic E-state index is 5.60. The zero-order valence-corrected chi connectivity index (χ0v) is 9.00. The van der Waals surface area contributed by atoms with Crippen molar-refractivity contribution in [2.24, 2.45) is 5.73 Å². The molecule has 0 aliphatic rings. The van der Waals surface area contributed by atoms with Crippen LogP contribution in [-0.2, 0) is 0 Å². The lowest BCUT2D eigenvalue weighted by atomic mass is 10.2. The highest BCUT2D eigenvalue weighted by Crippen LogP contribution is 1.99. The minimum Gasteiger partial charge on any atom is -0.328 e. The van der Waals surface area contributed by atoms with Crippen LogP contribution in [0, 0.1) is 0 Å². The number of allylic oxidation sites excluding steroid dienone is 3. The van der Waals surface area contributed by atoms with E-state index < -0.39 is 0 Å². The highest BCUT2D eigenvalue weighted by Gasteiger charge is 1.85. The molecule has 2 N–H and O–H groups in total. The number of hydrogen-bond donors (Lipinski definition) is 1. The Hall–Kier alpha value is -0.560. The van der Waals surface area contributed by atoms with Crippen molar-refractivity contribution < 1.29 is 0 Å². The Morgan fingerprint density at radius 1 is 1.15 bits per heavy atom. The molecule has 1 nitrogen and oxygen atoms in total. The van der Waals surface area contributed by atoms with E-state index in [-0.39, 0.29) is 6.04 Å². The van der Waals surface area contributed by atoms with Crippen LogP contribution in [0.3, 0.4) is 0 Å². The molecule has 0 heterocycles. The van der Waals surface area contributed by atoms with E-state index in [0.29, 0.717) is 0 Å². The lowest BCUT2D eigenvalue weighted by Crippen LogP contribution is -2.12. The van der Waals surface area contributed by atoms with Crippen molar-refractivity contribution in [2.75, 3.05) is 0 Å². The second kappa shape index (κ2) is 9.53. The van der Waals surface area contributed by atoms with E-state index in [1.807, 2.05) is 6.92 Å². The van der Waals surface area contributed by atoms with Crippen molar-refractivity contribution >= 4 is 0 Å². The molecule has 0 aliphatic carbocycles. The molecular weight excluding hydrogens is 158 g/mol. The summed E-state index contributed by atoms with van der Waals surface area (Å²) in [6.07, 6.45) is 14.7. The fourth-order valence-electron chi connectivity index (χ4n) is 1.06. The molecule has 1 unspecified atom stereocenters. The van der Waals surface area contributed by atoms with Crippen LogP contribution >= 0.6 is 0 Å². The first-order chi connectivity index (χ1) is 6.27. The number of hydrogen-bond acceptors (Lipinski definition) is 1. The molecule has 0 aromatic carbocycles. The van der Waals surface area contributed by atoms with Crippen LogP contribution < -0.4 is 5.73 Å². The van der Waals surface area contributed by atoms with Crippen molar-refractivity contribution in [1.82, 2.24) is 0 Å². The molecule has 13 heavy (non-hydrogen) atoms. The third kappa shape index (κ3) is 11.4. The van der Waals surface area contributed by atoms with Gasteiger partial charge in [-0.2, -0.15) is 0 Å². The first kappa shape index (κ1) is 12.4. The van der Waals surface area contributed by atoms with Crippen LogP contribution in [0.25, 0.3) is 0 Å². The fraction of sp³-hybridized carbons (Fsp3) is 0.667. The summed E-state index contributed by atoms with van der Waals surface area (Å²) in [5.41, 5.74) is 5.60. The Balaban J connectivity index is 3.25. The Kier molecular flexibility index (Phi) is 9.12. The summed E-state index contributed by atoms with van der Waals surface area (Å²) in [6, 6.07) is 0.282. The van der Waals surface area contributed by atoms with Gasteiger partial charge in [0.15, 0.2) is 0 Å². The third-order valence-corrected chi connectivity index (χ3v) is 1.87. The normalized spacial score (nSPS) is 14.4. The highest BCUT2D eigenvalue weighted by molar-refractivity contribution is 5.02. The molecule has 0 saturated carbocycles. The van der Waals surface area contributed by atoms with Crippen LogP contribution in [-0.4, -0.2) is 6.04 Å². The van der Waals surface area contributed by atoms with Crippen LogP contribution in [0.15, 0.2) is 24.3 Å². The fourth-order valence-corrected chi connectivity index (χ4v) is 1.06. The average Bonchev–Trinajstić information content (AvgIpc) is 2.09. The molecule has 0 aromatic heterocycles. The second-order valence-corrected chi connectivity index (χ2v) is 3.57. The van der Waals surface area contributed by atoms with E-state index in [1.54, 1.807) is 0 Å². The molecule has 0 bridgehead atoms. The summed E-state index contributed by atoms with van der Waals surface area (Å²) in [6.45, 7) is 4.25. The minimum absolute atomic E-state index is 0.282. The third-order valence-electron chi connectivity index (χ3n) is 1.87. The molecule has 0 rings (SSSR count). The van der Waals surface area contributed by atoms with Gasteiger partial charge in [0.2, 0.25) is 0 Å². The van der Waals surface area contributed by atoms with Gasteiger partial charge in [0, 0.05) is 6.04 Å². The Labute approximate surface area is 82.7 Å². The molecule has 0 aromatic rings. The second-order valence-electron chi connectivity index (χ2n) is 3.57. The van der Waals surface area contributed by atoms with Gasteiger partial charge in [0.1, 0.15) is 0 Å². The summed E-state index contributed by atoms with van der Waals surface area (Å²) >= 11 is 0. The molecule has 1 heteroatoms. The summed E-state index contributed by atoms with van der Waals surface area (Å²) in [7, 11) is 0. The number of unbranched alkanes of at least 4 members (excludes halogenated alkanes) is 3. The van der Waals surface area contributed by atoms with Gasteiger partial charge < -0.3 is 5.73 Å². The summed E-state index contributed by atoms with van der Waals surface area (Å²) < 4.78 is 0. The van der Waals surface area contributed by atoms with Crippen molar-refractivity contribution in [3.05, 3.63) is 24.3 Å². The number of nitrogens with two attached hydrogens (primary N) is 1. The smallest absolute Gasteiger partial charge is 0.00451 e. The maximum Gasteiger partial charge on any atom is 0.00451 e. The van der Waals surface area contributed by atoms with E-state index in [0.717, 1.165) is 6.42 Å². The SMILES string of the molecule is CCCCC/C=C/C=C/CC(C)N. The van der Waals surface area contributed by atoms with Crippen LogP contribution in [0.2, 0.25) is 0 Å². The molecule has 0 aliphatic heterocycles. The largest absolute Gasteiger partial charge is 0.328 e. The molecule has 0 saturated heterocycles. The van der Waals surface area contributed by atoms with Gasteiger partial charge in [-0.15, -0.1) is 0 Å². The number of rotatable bonds is 7. The molecule has 0 amide bonds. The summed E-state index contributed by atoms with van der Waals surface area (Å²) in [5.74, 6) is 0. The van der Waals surface area contributed by atoms with Gasteiger partial charge in [0.25, 0.3) is 0 Å². The van der Waals surface area contributed by atoms with Crippen LogP contribution in [0.1, 0.15) is 46.0 Å². The van der Waals surface area contributed by atoms with Crippen LogP contribution in [0.4, 0.5) is 0 Å². The maximum absolute atomic E-state index is 5.60. The van der Waals surface area contributed by atoms with Gasteiger partial charge in [-0.3, -0.25) is 0 Å². The standard InChI is InChI=1S/C12H23N/c1-3-4-5-6-7-8-9-10-11-12(2)13/h7-10,12H,3-6,11,13H2,1-2H3/b8-7+,10-9+. The minimum atomic E-state index is 0.282. The summed E-state index contributed by atoms with van der Waals surface area (Å²) in [5, 5.41) is 0. The highest BCUT2D eigenvalue weighted by atomic mass is 14.6. The van der Waals surface area contributed by atoms with Gasteiger partial charge in [-0.1, -0.05) is 44.1 Å². The van der Waals surface area contributed by atoms with E-state index in [2.05, 4.69) is 31.2 Å². The van der Waals surface area contributed by atoms with Gasteiger partial charge in [0.05, 0.1) is 0 Å². The molecule has 1 atom stereocenters. The van der Waals surface area contributed by atoms with Crippen molar-refractivity contribution in [2.45, 2.75) is 52.0 Å². The van der Waals surface area contributed by atoms with E-state index >= 15 is 0 Å². The van der Waals surface area contributed by atoms with Gasteiger partial charge in [-0.05, 0) is 26.2 Å². The molecular formula is C12H23N. The topological polar surface area (TPSA) is 26.0 Å². The molecule has 0 fully saturated rings. The van der Waals surface area contributed by atoms with Crippen molar-refractivity contribution in [1.29, 1.82) is 0 Å². The summed E-state index contributed by atoms with van der Waals surface area (Å²) in [4.78, 5) is 0. The molecule has 0 radical (unpaired) electrons. The lowest BCUT2D eigenvalue weighted by molar-refractivity contribution is 0.729. The quantitative estimate of drug-likeness (QED) is 0.472. The lowest BCUT2D eigenvalue weighted by Gasteiger charge is -1.95. The molecule has 0 spiro atoms. The zero-order chi connectivity index (χ0) is 9.94. The monoisotopic (exact) mass is 181 g/mol. The van der Waals surface area contributed by atoms with Crippen LogP contribution in [0.5, 0.6) is 0 Å². The Morgan fingerprint density at radius 2 is 1.85 bits per heavy atom.